The molecular weight excluding hydrogens is 505 g/mol. The molecule has 3 rings (SSSR count). The average Bonchev–Trinajstić information content (AvgIpc) is 2.90. The van der Waals surface area contributed by atoms with Gasteiger partial charge in [-0.05, 0) is 69.2 Å². The van der Waals surface area contributed by atoms with Crippen LogP contribution in [0.15, 0.2) is 77.7 Å². The maximum atomic E-state index is 13.8. The molecule has 0 aromatic heterocycles. The topological polar surface area (TPSA) is 86.8 Å². The lowest BCUT2D eigenvalue weighted by Gasteiger charge is -2.32. The summed E-state index contributed by atoms with van der Waals surface area (Å²) >= 11 is 0. The molecule has 0 radical (unpaired) electrons. The van der Waals surface area contributed by atoms with Gasteiger partial charge in [-0.2, -0.15) is 0 Å². The Labute approximate surface area is 224 Å². The van der Waals surface area contributed by atoms with Crippen molar-refractivity contribution in [2.24, 2.45) is 0 Å². The highest BCUT2D eigenvalue weighted by Gasteiger charge is 2.32. The van der Waals surface area contributed by atoms with Crippen LogP contribution in [0.2, 0.25) is 0 Å². The molecule has 0 heterocycles. The number of aryl methyl sites for hydroxylation is 2. The number of carbonyl (C=O) groups excluding carboxylic acids is 2. The number of nitrogens with one attached hydrogen (secondary N) is 1. The molecule has 1 unspecified atom stereocenters. The molecule has 0 fully saturated rings. The van der Waals surface area contributed by atoms with Crippen LogP contribution in [0.5, 0.6) is 0 Å². The van der Waals surface area contributed by atoms with Crippen molar-refractivity contribution in [1.29, 1.82) is 0 Å². The molecule has 2 amide bonds. The van der Waals surface area contributed by atoms with Crippen molar-refractivity contribution in [2.75, 3.05) is 17.4 Å². The third-order valence-electron chi connectivity index (χ3n) is 6.19. The van der Waals surface area contributed by atoms with Crippen LogP contribution in [0.4, 0.5) is 10.1 Å². The van der Waals surface area contributed by atoms with Crippen molar-refractivity contribution in [1.82, 2.24) is 10.2 Å². The van der Waals surface area contributed by atoms with Gasteiger partial charge in [0.25, 0.3) is 10.0 Å². The fraction of sp³-hybridized carbons (Fsp3) is 0.310. The molecular formula is C29H34FN3O4S. The Kier molecular flexibility index (Phi) is 9.63. The SMILES string of the molecule is CCCNC(=O)C(C)N(Cc1ccc(C)cc1)C(=O)CN(c1ccc(C)cc1)S(=O)(=O)c1ccc(F)cc1. The van der Waals surface area contributed by atoms with Crippen LogP contribution in [0, 0.1) is 19.7 Å². The summed E-state index contributed by atoms with van der Waals surface area (Å²) in [5, 5.41) is 2.81. The van der Waals surface area contributed by atoms with Gasteiger partial charge >= 0.3 is 0 Å². The van der Waals surface area contributed by atoms with Gasteiger partial charge in [0.05, 0.1) is 10.6 Å². The van der Waals surface area contributed by atoms with E-state index in [0.717, 1.165) is 39.5 Å². The molecule has 0 aliphatic heterocycles. The lowest BCUT2D eigenvalue weighted by Crippen LogP contribution is -2.51. The summed E-state index contributed by atoms with van der Waals surface area (Å²) in [6.45, 7) is 7.42. The van der Waals surface area contributed by atoms with Gasteiger partial charge in [-0.1, -0.05) is 54.4 Å². The summed E-state index contributed by atoms with van der Waals surface area (Å²) in [6.07, 6.45) is 0.738. The second-order valence-electron chi connectivity index (χ2n) is 9.28. The Hall–Kier alpha value is -3.72. The molecule has 0 aliphatic carbocycles. The molecule has 0 bridgehead atoms. The van der Waals surface area contributed by atoms with Crippen LogP contribution in [-0.4, -0.2) is 44.3 Å². The van der Waals surface area contributed by atoms with Crippen molar-refractivity contribution in [3.8, 4) is 0 Å². The summed E-state index contributed by atoms with van der Waals surface area (Å²) in [4.78, 5) is 27.9. The summed E-state index contributed by atoms with van der Waals surface area (Å²) in [5.74, 6) is -1.44. The van der Waals surface area contributed by atoms with Crippen LogP contribution in [0.1, 0.15) is 37.0 Å². The zero-order valence-electron chi connectivity index (χ0n) is 22.1. The Balaban J connectivity index is 2.00. The maximum absolute atomic E-state index is 13.8. The van der Waals surface area contributed by atoms with Gasteiger partial charge in [0.1, 0.15) is 18.4 Å². The molecule has 0 saturated carbocycles. The van der Waals surface area contributed by atoms with Crippen LogP contribution in [-0.2, 0) is 26.2 Å². The smallest absolute Gasteiger partial charge is 0.264 e. The first kappa shape index (κ1) is 28.8. The average molecular weight is 540 g/mol. The Morgan fingerprint density at radius 2 is 1.45 bits per heavy atom. The highest BCUT2D eigenvalue weighted by molar-refractivity contribution is 7.92. The molecule has 0 saturated heterocycles. The molecule has 3 aromatic rings. The minimum Gasteiger partial charge on any atom is -0.354 e. The van der Waals surface area contributed by atoms with E-state index >= 15 is 0 Å². The third kappa shape index (κ3) is 7.19. The highest BCUT2D eigenvalue weighted by atomic mass is 32.2. The quantitative estimate of drug-likeness (QED) is 0.387. The van der Waals surface area contributed by atoms with E-state index in [4.69, 9.17) is 0 Å². The van der Waals surface area contributed by atoms with E-state index in [-0.39, 0.29) is 23.0 Å². The largest absolute Gasteiger partial charge is 0.354 e. The predicted octanol–water partition coefficient (Wildman–Crippen LogP) is 4.58. The van der Waals surface area contributed by atoms with Gasteiger partial charge in [0, 0.05) is 13.1 Å². The molecule has 0 spiro atoms. The number of hydrogen-bond donors (Lipinski definition) is 1. The predicted molar refractivity (Wildman–Crippen MR) is 147 cm³/mol. The fourth-order valence-corrected chi connectivity index (χ4v) is 5.26. The number of carbonyl (C=O) groups is 2. The fourth-order valence-electron chi connectivity index (χ4n) is 3.84. The van der Waals surface area contributed by atoms with Gasteiger partial charge < -0.3 is 10.2 Å². The van der Waals surface area contributed by atoms with Crippen molar-refractivity contribution in [3.63, 3.8) is 0 Å². The molecule has 0 aliphatic rings. The zero-order chi connectivity index (χ0) is 27.9. The lowest BCUT2D eigenvalue weighted by molar-refractivity contribution is -0.139. The monoisotopic (exact) mass is 539 g/mol. The van der Waals surface area contributed by atoms with Crippen LogP contribution in [0.3, 0.4) is 0 Å². The van der Waals surface area contributed by atoms with Crippen molar-refractivity contribution >= 4 is 27.5 Å². The van der Waals surface area contributed by atoms with E-state index in [1.165, 1.54) is 17.0 Å². The van der Waals surface area contributed by atoms with Gasteiger partial charge in [-0.3, -0.25) is 13.9 Å². The lowest BCUT2D eigenvalue weighted by atomic mass is 10.1. The summed E-state index contributed by atoms with van der Waals surface area (Å²) in [6, 6.07) is 17.9. The number of nitrogens with zero attached hydrogens (tertiary/aromatic N) is 2. The molecule has 38 heavy (non-hydrogen) atoms. The standard InChI is InChI=1S/C29H34FN3O4S/c1-5-18-31-29(35)23(4)32(19-24-10-6-21(2)7-11-24)28(34)20-33(26-14-8-22(3)9-15-26)38(36,37)27-16-12-25(30)13-17-27/h6-17,23H,5,18-20H2,1-4H3,(H,31,35). The summed E-state index contributed by atoms with van der Waals surface area (Å²) in [7, 11) is -4.23. The number of anilines is 1. The minimum atomic E-state index is -4.23. The van der Waals surface area contributed by atoms with E-state index in [1.807, 2.05) is 45.0 Å². The Morgan fingerprint density at radius 3 is 2.00 bits per heavy atom. The van der Waals surface area contributed by atoms with Crippen LogP contribution in [0.25, 0.3) is 0 Å². The van der Waals surface area contributed by atoms with E-state index in [1.54, 1.807) is 31.2 Å². The Morgan fingerprint density at radius 1 is 0.895 bits per heavy atom. The normalized spacial score (nSPS) is 12.0. The van der Waals surface area contributed by atoms with Gasteiger partial charge in [0.15, 0.2) is 0 Å². The van der Waals surface area contributed by atoms with Crippen molar-refractivity contribution < 1.29 is 22.4 Å². The highest BCUT2D eigenvalue weighted by Crippen LogP contribution is 2.25. The van der Waals surface area contributed by atoms with Crippen molar-refractivity contribution in [3.05, 3.63) is 95.3 Å². The van der Waals surface area contributed by atoms with E-state index in [0.29, 0.717) is 6.54 Å². The molecule has 9 heteroatoms. The molecule has 1 atom stereocenters. The van der Waals surface area contributed by atoms with Crippen molar-refractivity contribution in [2.45, 2.75) is 51.6 Å². The van der Waals surface area contributed by atoms with Gasteiger partial charge in [0.2, 0.25) is 11.8 Å². The first-order valence-electron chi connectivity index (χ1n) is 12.5. The van der Waals surface area contributed by atoms with Crippen LogP contribution >= 0.6 is 0 Å². The number of rotatable bonds is 11. The number of benzene rings is 3. The summed E-state index contributed by atoms with van der Waals surface area (Å²) < 4.78 is 41.9. The zero-order valence-corrected chi connectivity index (χ0v) is 23.0. The second kappa shape index (κ2) is 12.7. The minimum absolute atomic E-state index is 0.123. The van der Waals surface area contributed by atoms with E-state index in [9.17, 15) is 22.4 Å². The van der Waals surface area contributed by atoms with Gasteiger partial charge in [-0.15, -0.1) is 0 Å². The molecule has 1 N–H and O–H groups in total. The van der Waals surface area contributed by atoms with E-state index < -0.39 is 34.3 Å². The summed E-state index contributed by atoms with van der Waals surface area (Å²) in [5.41, 5.74) is 3.06. The molecule has 7 nitrogen and oxygen atoms in total. The van der Waals surface area contributed by atoms with Gasteiger partial charge in [-0.25, -0.2) is 12.8 Å². The van der Waals surface area contributed by atoms with Crippen LogP contribution < -0.4 is 9.62 Å². The van der Waals surface area contributed by atoms with E-state index in [2.05, 4.69) is 5.32 Å². The number of halogens is 1. The molecule has 3 aromatic carbocycles. The number of amides is 2. The first-order valence-corrected chi connectivity index (χ1v) is 13.9. The Bertz CT molecular complexity index is 1340. The third-order valence-corrected chi connectivity index (χ3v) is 7.98. The second-order valence-corrected chi connectivity index (χ2v) is 11.1. The maximum Gasteiger partial charge on any atom is 0.264 e. The number of sulfonamides is 1. The first-order chi connectivity index (χ1) is 18.0. The molecule has 202 valence electrons. The number of hydrogen-bond acceptors (Lipinski definition) is 4.